The molecule has 3 aromatic heterocycles. The van der Waals surface area contributed by atoms with Crippen LogP contribution < -0.4 is 0 Å². The van der Waals surface area contributed by atoms with Gasteiger partial charge in [-0.25, -0.2) is 0 Å². The van der Waals surface area contributed by atoms with Crippen LogP contribution in [0.1, 0.15) is 33.5 Å². The third-order valence-electron chi connectivity index (χ3n) is 8.60. The molecule has 0 atom stereocenters. The van der Waals surface area contributed by atoms with Crippen molar-refractivity contribution in [3.63, 3.8) is 0 Å². The van der Waals surface area contributed by atoms with Crippen molar-refractivity contribution < 1.29 is 20.1 Å². The minimum atomic E-state index is 0. The molecule has 0 saturated carbocycles. The summed E-state index contributed by atoms with van der Waals surface area (Å²) in [4.78, 5) is 14.4. The Hall–Kier alpha value is -5.02. The second-order valence-electron chi connectivity index (χ2n) is 12.1. The average Bonchev–Trinajstić information content (AvgIpc) is 3.17. The van der Waals surface area contributed by atoms with Crippen LogP contribution in [-0.4, -0.2) is 15.0 Å². The maximum absolute atomic E-state index is 4.96. The van der Waals surface area contributed by atoms with Gasteiger partial charge in [0, 0.05) is 18.1 Å². The Kier molecular flexibility index (Phi) is 11.7. The molecule has 0 N–H and O–H groups in total. The number of aromatic nitrogens is 3. The molecular weight excluding hydrogens is 775 g/mol. The predicted octanol–water partition coefficient (Wildman–Crippen LogP) is 9.63. The Morgan fingerprint density at radius 2 is 0.837 bits per heavy atom. The van der Waals surface area contributed by atoms with Crippen LogP contribution in [-0.2, 0) is 58.6 Å². The Morgan fingerprint density at radius 1 is 0.388 bits per heavy atom. The molecule has 0 unspecified atom stereocenters. The second kappa shape index (κ2) is 16.9. The van der Waals surface area contributed by atoms with E-state index >= 15 is 0 Å². The summed E-state index contributed by atoms with van der Waals surface area (Å²) in [6.07, 6.45) is 9.63. The van der Waals surface area contributed by atoms with Crippen molar-refractivity contribution >= 4 is 0 Å². The molecule has 0 aliphatic carbocycles. The van der Waals surface area contributed by atoms with Crippen LogP contribution in [0.4, 0.5) is 0 Å². The summed E-state index contributed by atoms with van der Waals surface area (Å²) in [6.45, 7) is 0. The molecule has 3 heterocycles. The van der Waals surface area contributed by atoms with E-state index in [0.29, 0.717) is 0 Å². The first-order valence-corrected chi connectivity index (χ1v) is 16.6. The molecule has 0 saturated heterocycles. The minimum absolute atomic E-state index is 0. The molecule has 0 bridgehead atoms. The SMILES string of the molecule is [Ir+3].[c-]1ccccc1-c1ccc(CCc2cc(CCc3ccc(-c4[c-]cccc4)nc3)cc(CCc3cccc(-c4[c-]cccc4)n3)c2)cn1. The van der Waals surface area contributed by atoms with Crippen molar-refractivity contribution in [2.45, 2.75) is 38.5 Å². The quantitative estimate of drug-likeness (QED) is 0.116. The minimum Gasteiger partial charge on any atom is -0.304 e. The first-order valence-electron chi connectivity index (χ1n) is 16.6. The molecule has 0 spiro atoms. The van der Waals surface area contributed by atoms with Crippen LogP contribution in [0.25, 0.3) is 33.8 Å². The maximum atomic E-state index is 4.96. The fraction of sp³-hybridized carbons (Fsp3) is 0.133. The summed E-state index contributed by atoms with van der Waals surface area (Å²) in [5, 5.41) is 0. The van der Waals surface area contributed by atoms with E-state index in [1.165, 1.54) is 27.8 Å². The van der Waals surface area contributed by atoms with Crippen molar-refractivity contribution in [1.82, 2.24) is 15.0 Å². The van der Waals surface area contributed by atoms with Crippen molar-refractivity contribution in [1.29, 1.82) is 0 Å². The van der Waals surface area contributed by atoms with Gasteiger partial charge in [-0.3, -0.25) is 0 Å². The van der Waals surface area contributed by atoms with E-state index in [1.807, 2.05) is 79.1 Å². The van der Waals surface area contributed by atoms with E-state index in [0.717, 1.165) is 78.0 Å². The first kappa shape index (κ1) is 33.9. The van der Waals surface area contributed by atoms with E-state index < -0.39 is 0 Å². The van der Waals surface area contributed by atoms with E-state index in [9.17, 15) is 0 Å². The molecule has 3 nitrogen and oxygen atoms in total. The zero-order valence-electron chi connectivity index (χ0n) is 27.3. The molecule has 7 aromatic rings. The average molecular weight is 811 g/mol. The van der Waals surface area contributed by atoms with Crippen LogP contribution in [0.3, 0.4) is 0 Å². The normalized spacial score (nSPS) is 10.8. The Balaban J connectivity index is 0.00000417. The summed E-state index contributed by atoms with van der Waals surface area (Å²) in [7, 11) is 0. The van der Waals surface area contributed by atoms with Crippen LogP contribution in [0.15, 0.2) is 146 Å². The number of hydrogen-bond acceptors (Lipinski definition) is 3. The van der Waals surface area contributed by atoms with Gasteiger partial charge in [-0.2, -0.15) is 0 Å². The van der Waals surface area contributed by atoms with Crippen molar-refractivity contribution in [2.24, 2.45) is 0 Å². The molecule has 240 valence electrons. The van der Waals surface area contributed by atoms with E-state index in [2.05, 4.69) is 84.9 Å². The summed E-state index contributed by atoms with van der Waals surface area (Å²) < 4.78 is 0. The second-order valence-corrected chi connectivity index (χ2v) is 12.1. The van der Waals surface area contributed by atoms with Gasteiger partial charge in [-0.1, -0.05) is 54.6 Å². The standard InChI is InChI=1S/C45H36N3.Ir/c1-4-11-39(12-5-1)43-27-24-34(32-46-43)19-21-36-29-37(22-20-35-25-28-44(47-33-35)40-13-6-2-7-14-40)31-38(30-36)23-26-42-17-10-18-45(48-42)41-15-8-3-9-16-41;/h1-11,13,15,17-18,24-25,27-33H,19-23,26H2;/q-3;+3. The smallest absolute Gasteiger partial charge is 0.304 e. The summed E-state index contributed by atoms with van der Waals surface area (Å²) in [6, 6.07) is 55.9. The molecule has 0 fully saturated rings. The van der Waals surface area contributed by atoms with E-state index in [1.54, 1.807) is 0 Å². The fourth-order valence-electron chi connectivity index (χ4n) is 6.01. The van der Waals surface area contributed by atoms with Gasteiger partial charge in [0.15, 0.2) is 0 Å². The van der Waals surface area contributed by atoms with Crippen LogP contribution in [0.2, 0.25) is 0 Å². The van der Waals surface area contributed by atoms with Crippen LogP contribution >= 0.6 is 0 Å². The molecule has 0 amide bonds. The van der Waals surface area contributed by atoms with Crippen molar-refractivity contribution in [2.75, 3.05) is 0 Å². The number of nitrogens with zero attached hydrogens (tertiary/aromatic N) is 3. The topological polar surface area (TPSA) is 38.7 Å². The van der Waals surface area contributed by atoms with Gasteiger partial charge < -0.3 is 15.0 Å². The summed E-state index contributed by atoms with van der Waals surface area (Å²) >= 11 is 0. The Bertz CT molecular complexity index is 1940. The first-order chi connectivity index (χ1) is 23.7. The Labute approximate surface area is 303 Å². The van der Waals surface area contributed by atoms with Gasteiger partial charge in [0.25, 0.3) is 0 Å². The van der Waals surface area contributed by atoms with Gasteiger partial charge in [-0.15, -0.1) is 108 Å². The molecule has 7 rings (SSSR count). The number of benzene rings is 4. The number of pyridine rings is 3. The third kappa shape index (κ3) is 9.32. The van der Waals surface area contributed by atoms with Crippen LogP contribution in [0.5, 0.6) is 0 Å². The molecule has 0 radical (unpaired) electrons. The maximum Gasteiger partial charge on any atom is 3.00 e. The van der Waals surface area contributed by atoms with Gasteiger partial charge >= 0.3 is 20.1 Å². The number of rotatable bonds is 12. The molecule has 0 aliphatic heterocycles. The molecule has 4 heteroatoms. The number of hydrogen-bond donors (Lipinski definition) is 0. The molecule has 4 aromatic carbocycles. The predicted molar refractivity (Wildman–Crippen MR) is 194 cm³/mol. The summed E-state index contributed by atoms with van der Waals surface area (Å²) in [5.74, 6) is 0. The fourth-order valence-corrected chi connectivity index (χ4v) is 6.01. The van der Waals surface area contributed by atoms with Crippen molar-refractivity contribution in [3.8, 4) is 33.8 Å². The molecular formula is C45H36IrN3. The van der Waals surface area contributed by atoms with E-state index in [-0.39, 0.29) is 20.1 Å². The van der Waals surface area contributed by atoms with Crippen molar-refractivity contribution in [3.05, 3.63) is 198 Å². The zero-order chi connectivity index (χ0) is 32.4. The summed E-state index contributed by atoms with van der Waals surface area (Å²) in [5.41, 5.74) is 13.6. The van der Waals surface area contributed by atoms with E-state index in [4.69, 9.17) is 15.0 Å². The van der Waals surface area contributed by atoms with Gasteiger partial charge in [-0.05, 0) is 89.5 Å². The monoisotopic (exact) mass is 811 g/mol. The van der Waals surface area contributed by atoms with Crippen LogP contribution in [0, 0.1) is 18.2 Å². The number of aryl methyl sites for hydroxylation is 6. The molecule has 49 heavy (non-hydrogen) atoms. The zero-order valence-corrected chi connectivity index (χ0v) is 29.7. The Morgan fingerprint density at radius 3 is 1.27 bits per heavy atom. The molecule has 0 aliphatic rings. The largest absolute Gasteiger partial charge is 3.00 e. The van der Waals surface area contributed by atoms with Gasteiger partial charge in [0.05, 0.1) is 0 Å². The van der Waals surface area contributed by atoms with Gasteiger partial charge in [0.1, 0.15) is 0 Å². The third-order valence-corrected chi connectivity index (χ3v) is 8.60. The van der Waals surface area contributed by atoms with Gasteiger partial charge in [0.2, 0.25) is 0 Å².